The molecule has 1 aliphatic rings. The molecule has 138 valence electrons. The van der Waals surface area contributed by atoms with Crippen LogP contribution in [0.15, 0.2) is 54.6 Å². The number of nitrogens with one attached hydrogen (secondary N) is 1. The van der Waals surface area contributed by atoms with Gasteiger partial charge in [0, 0.05) is 19.5 Å². The summed E-state index contributed by atoms with van der Waals surface area (Å²) in [6.07, 6.45) is 3.82. The van der Waals surface area contributed by atoms with E-state index in [4.69, 9.17) is 4.74 Å². The molecular weight excluding hydrogens is 324 g/mol. The van der Waals surface area contributed by atoms with Crippen LogP contribution in [-0.2, 0) is 17.9 Å². The number of para-hydroxylation sites is 1. The molecule has 2 aromatic carbocycles. The van der Waals surface area contributed by atoms with E-state index in [1.165, 1.54) is 31.5 Å². The van der Waals surface area contributed by atoms with Crippen molar-refractivity contribution in [2.24, 2.45) is 0 Å². The normalized spacial score (nSPS) is 14.3. The fourth-order valence-corrected chi connectivity index (χ4v) is 3.27. The second kappa shape index (κ2) is 9.97. The molecule has 0 atom stereocenters. The van der Waals surface area contributed by atoms with E-state index in [1.54, 1.807) is 0 Å². The quantitative estimate of drug-likeness (QED) is 0.699. The number of rotatable bonds is 9. The van der Waals surface area contributed by atoms with Crippen molar-refractivity contribution in [3.63, 3.8) is 0 Å². The van der Waals surface area contributed by atoms with Gasteiger partial charge in [0.2, 0.25) is 5.91 Å². The largest absolute Gasteiger partial charge is 0.494 e. The number of likely N-dealkylation sites (tertiary alicyclic amines) is 1. The predicted octanol–water partition coefficient (Wildman–Crippen LogP) is 3.76. The number of carbonyl (C=O) groups excluding carboxylic acids is 1. The van der Waals surface area contributed by atoms with E-state index in [-0.39, 0.29) is 5.91 Å². The zero-order chi connectivity index (χ0) is 18.0. The number of amides is 1. The Morgan fingerprint density at radius 1 is 1.00 bits per heavy atom. The van der Waals surface area contributed by atoms with Crippen LogP contribution in [0.25, 0.3) is 0 Å². The third kappa shape index (κ3) is 6.19. The molecule has 3 rings (SSSR count). The topological polar surface area (TPSA) is 41.6 Å². The van der Waals surface area contributed by atoms with Gasteiger partial charge in [0.1, 0.15) is 5.75 Å². The van der Waals surface area contributed by atoms with Crippen molar-refractivity contribution in [3.05, 3.63) is 65.7 Å². The molecule has 0 saturated carbocycles. The Labute approximate surface area is 156 Å². The molecule has 0 aliphatic carbocycles. The maximum Gasteiger partial charge on any atom is 0.220 e. The lowest BCUT2D eigenvalue weighted by Gasteiger charge is -2.15. The van der Waals surface area contributed by atoms with Crippen LogP contribution in [-0.4, -0.2) is 30.5 Å². The Kier molecular flexibility index (Phi) is 7.08. The van der Waals surface area contributed by atoms with Crippen LogP contribution in [0.3, 0.4) is 0 Å². The predicted molar refractivity (Wildman–Crippen MR) is 104 cm³/mol. The number of ether oxygens (including phenoxy) is 1. The first-order valence-electron chi connectivity index (χ1n) is 9.54. The molecule has 1 fully saturated rings. The van der Waals surface area contributed by atoms with Crippen LogP contribution in [0.1, 0.15) is 36.8 Å². The summed E-state index contributed by atoms with van der Waals surface area (Å²) in [6.45, 7) is 4.56. The van der Waals surface area contributed by atoms with Gasteiger partial charge in [-0.05, 0) is 55.6 Å². The average molecular weight is 352 g/mol. The first-order valence-corrected chi connectivity index (χ1v) is 9.54. The van der Waals surface area contributed by atoms with E-state index in [1.807, 2.05) is 30.3 Å². The van der Waals surface area contributed by atoms with Crippen LogP contribution >= 0.6 is 0 Å². The first-order chi connectivity index (χ1) is 12.8. The minimum absolute atomic E-state index is 0.0756. The average Bonchev–Trinajstić information content (AvgIpc) is 3.18. The molecule has 26 heavy (non-hydrogen) atoms. The lowest BCUT2D eigenvalue weighted by molar-refractivity contribution is -0.121. The zero-order valence-electron chi connectivity index (χ0n) is 15.3. The van der Waals surface area contributed by atoms with Crippen LogP contribution in [0.4, 0.5) is 0 Å². The van der Waals surface area contributed by atoms with Crippen molar-refractivity contribution in [2.45, 2.75) is 38.8 Å². The van der Waals surface area contributed by atoms with Gasteiger partial charge in [-0.1, -0.05) is 42.5 Å². The highest BCUT2D eigenvalue weighted by Crippen LogP contribution is 2.14. The minimum Gasteiger partial charge on any atom is -0.494 e. The Hall–Kier alpha value is -2.33. The number of benzene rings is 2. The van der Waals surface area contributed by atoms with Gasteiger partial charge in [-0.2, -0.15) is 0 Å². The summed E-state index contributed by atoms with van der Waals surface area (Å²) in [7, 11) is 0. The van der Waals surface area contributed by atoms with E-state index in [0.29, 0.717) is 19.6 Å². The summed E-state index contributed by atoms with van der Waals surface area (Å²) >= 11 is 0. The van der Waals surface area contributed by atoms with Crippen LogP contribution < -0.4 is 10.1 Å². The minimum atomic E-state index is 0.0756. The van der Waals surface area contributed by atoms with E-state index >= 15 is 0 Å². The summed E-state index contributed by atoms with van der Waals surface area (Å²) < 4.78 is 5.61. The van der Waals surface area contributed by atoms with Crippen LogP contribution in [0, 0.1) is 0 Å². The van der Waals surface area contributed by atoms with Crippen molar-refractivity contribution < 1.29 is 9.53 Å². The molecule has 1 saturated heterocycles. The summed E-state index contributed by atoms with van der Waals surface area (Å²) in [5.41, 5.74) is 2.49. The van der Waals surface area contributed by atoms with E-state index in [0.717, 1.165) is 24.3 Å². The van der Waals surface area contributed by atoms with Gasteiger partial charge in [0.15, 0.2) is 0 Å². The fourth-order valence-electron chi connectivity index (χ4n) is 3.27. The first kappa shape index (κ1) is 18.5. The van der Waals surface area contributed by atoms with Gasteiger partial charge in [-0.3, -0.25) is 9.69 Å². The third-order valence-corrected chi connectivity index (χ3v) is 4.65. The molecule has 0 spiro atoms. The Balaban J connectivity index is 1.34. The maximum atomic E-state index is 12.0. The molecule has 1 N–H and O–H groups in total. The molecular formula is C22H28N2O2. The van der Waals surface area contributed by atoms with Gasteiger partial charge < -0.3 is 10.1 Å². The van der Waals surface area contributed by atoms with Crippen LogP contribution in [0.2, 0.25) is 0 Å². The molecule has 1 heterocycles. The van der Waals surface area contributed by atoms with E-state index < -0.39 is 0 Å². The molecule has 4 nitrogen and oxygen atoms in total. The second-order valence-corrected chi connectivity index (χ2v) is 6.85. The summed E-state index contributed by atoms with van der Waals surface area (Å²) in [5.74, 6) is 0.925. The number of hydrogen-bond donors (Lipinski definition) is 1. The lowest BCUT2D eigenvalue weighted by atomic mass is 10.1. The second-order valence-electron chi connectivity index (χ2n) is 6.85. The highest BCUT2D eigenvalue weighted by molar-refractivity contribution is 5.75. The highest BCUT2D eigenvalue weighted by atomic mass is 16.5. The van der Waals surface area contributed by atoms with E-state index in [2.05, 4.69) is 34.5 Å². The van der Waals surface area contributed by atoms with Gasteiger partial charge in [-0.15, -0.1) is 0 Å². The highest BCUT2D eigenvalue weighted by Gasteiger charge is 2.11. The molecule has 4 heteroatoms. The smallest absolute Gasteiger partial charge is 0.220 e. The molecule has 0 bridgehead atoms. The molecule has 0 unspecified atom stereocenters. The van der Waals surface area contributed by atoms with Gasteiger partial charge in [0.25, 0.3) is 0 Å². The van der Waals surface area contributed by atoms with Crippen molar-refractivity contribution in [2.75, 3.05) is 19.7 Å². The third-order valence-electron chi connectivity index (χ3n) is 4.65. The lowest BCUT2D eigenvalue weighted by Crippen LogP contribution is -2.23. The van der Waals surface area contributed by atoms with Crippen molar-refractivity contribution >= 4 is 5.91 Å². The summed E-state index contributed by atoms with van der Waals surface area (Å²) in [6, 6.07) is 18.2. The fraction of sp³-hybridized carbons (Fsp3) is 0.409. The van der Waals surface area contributed by atoms with Gasteiger partial charge in [0.05, 0.1) is 6.61 Å². The molecule has 1 amide bonds. The Bertz CT molecular complexity index is 682. The molecule has 0 radical (unpaired) electrons. The summed E-state index contributed by atoms with van der Waals surface area (Å²) in [5, 5.41) is 3.01. The monoisotopic (exact) mass is 352 g/mol. The Morgan fingerprint density at radius 3 is 2.58 bits per heavy atom. The van der Waals surface area contributed by atoms with Crippen molar-refractivity contribution in [3.8, 4) is 5.75 Å². The molecule has 1 aliphatic heterocycles. The van der Waals surface area contributed by atoms with Gasteiger partial charge in [-0.25, -0.2) is 0 Å². The van der Waals surface area contributed by atoms with Crippen molar-refractivity contribution in [1.82, 2.24) is 10.2 Å². The standard InChI is InChI=1S/C22H28N2O2/c25-22(12-7-15-26-21-10-2-1-3-11-21)23-17-19-8-6-9-20(16-19)18-24-13-4-5-14-24/h1-3,6,8-11,16H,4-5,7,12-15,17-18H2,(H,23,25). The van der Waals surface area contributed by atoms with Gasteiger partial charge >= 0.3 is 0 Å². The Morgan fingerprint density at radius 2 is 1.77 bits per heavy atom. The maximum absolute atomic E-state index is 12.0. The van der Waals surface area contributed by atoms with E-state index in [9.17, 15) is 4.79 Å². The number of carbonyl (C=O) groups is 1. The number of nitrogens with zero attached hydrogens (tertiary/aromatic N) is 1. The molecule has 0 aromatic heterocycles. The van der Waals surface area contributed by atoms with Crippen LogP contribution in [0.5, 0.6) is 5.75 Å². The SMILES string of the molecule is O=C(CCCOc1ccccc1)NCc1cccc(CN2CCCC2)c1. The summed E-state index contributed by atoms with van der Waals surface area (Å²) in [4.78, 5) is 14.5. The molecule has 2 aromatic rings. The van der Waals surface area contributed by atoms with Crippen molar-refractivity contribution in [1.29, 1.82) is 0 Å². The number of hydrogen-bond acceptors (Lipinski definition) is 3. The zero-order valence-corrected chi connectivity index (χ0v) is 15.3.